The summed E-state index contributed by atoms with van der Waals surface area (Å²) < 4.78 is 2.03. The first-order valence-electron chi connectivity index (χ1n) is 6.04. The van der Waals surface area contributed by atoms with E-state index < -0.39 is 0 Å². The normalized spacial score (nSPS) is 11.6. The fraction of sp³-hybridized carbons (Fsp3) is 0.750. The van der Waals surface area contributed by atoms with Gasteiger partial charge in [0.25, 0.3) is 0 Å². The van der Waals surface area contributed by atoms with Crippen LogP contribution in [-0.2, 0) is 13.6 Å². The summed E-state index contributed by atoms with van der Waals surface area (Å²) in [5.41, 5.74) is 0. The molecule has 1 aromatic heterocycles. The van der Waals surface area contributed by atoms with Crippen LogP contribution in [0.4, 0.5) is 0 Å². The Balaban J connectivity index is 2.67. The second kappa shape index (κ2) is 6.66. The minimum absolute atomic E-state index is 0.209. The molecule has 16 heavy (non-hydrogen) atoms. The smallest absolute Gasteiger partial charge is 0.122 e. The molecule has 1 N–H and O–H groups in total. The Morgan fingerprint density at radius 2 is 2.12 bits per heavy atom. The van der Waals surface area contributed by atoms with Crippen LogP contribution in [0.25, 0.3) is 0 Å². The van der Waals surface area contributed by atoms with Crippen LogP contribution in [0.15, 0.2) is 12.4 Å². The van der Waals surface area contributed by atoms with Crippen LogP contribution in [0.3, 0.4) is 0 Å². The molecular formula is C12H23N3O. The van der Waals surface area contributed by atoms with Crippen molar-refractivity contribution in [2.24, 2.45) is 7.05 Å². The Hall–Kier alpha value is -0.870. The van der Waals surface area contributed by atoms with Gasteiger partial charge in [0.05, 0.1) is 13.2 Å². The zero-order valence-corrected chi connectivity index (χ0v) is 10.6. The minimum atomic E-state index is 0.209. The number of aryl methyl sites for hydroxylation is 1. The van der Waals surface area contributed by atoms with Crippen LogP contribution in [0.1, 0.15) is 32.5 Å². The predicted molar refractivity (Wildman–Crippen MR) is 65.1 cm³/mol. The minimum Gasteiger partial charge on any atom is -0.395 e. The highest BCUT2D eigenvalue weighted by atomic mass is 16.3. The number of hydrogen-bond donors (Lipinski definition) is 1. The van der Waals surface area contributed by atoms with E-state index in [2.05, 4.69) is 23.7 Å². The van der Waals surface area contributed by atoms with E-state index >= 15 is 0 Å². The molecule has 0 atom stereocenters. The summed E-state index contributed by atoms with van der Waals surface area (Å²) in [6.45, 7) is 6.13. The van der Waals surface area contributed by atoms with Gasteiger partial charge in [0, 0.05) is 32.0 Å². The van der Waals surface area contributed by atoms with Crippen molar-refractivity contribution in [3.05, 3.63) is 18.2 Å². The van der Waals surface area contributed by atoms with Gasteiger partial charge in [0.1, 0.15) is 5.82 Å². The summed E-state index contributed by atoms with van der Waals surface area (Å²) in [5, 5.41) is 9.11. The third kappa shape index (κ3) is 3.32. The second-order valence-corrected chi connectivity index (χ2v) is 4.12. The molecule has 0 amide bonds. The highest BCUT2D eigenvalue weighted by Crippen LogP contribution is 2.11. The molecule has 0 saturated carbocycles. The summed E-state index contributed by atoms with van der Waals surface area (Å²) in [7, 11) is 2.01. The maximum Gasteiger partial charge on any atom is 0.122 e. The molecule has 1 rings (SSSR count). The highest BCUT2D eigenvalue weighted by molar-refractivity contribution is 4.91. The Bertz CT molecular complexity index is 294. The maximum atomic E-state index is 9.11. The summed E-state index contributed by atoms with van der Waals surface area (Å²) in [4.78, 5) is 6.64. The van der Waals surface area contributed by atoms with Gasteiger partial charge >= 0.3 is 0 Å². The van der Waals surface area contributed by atoms with Crippen LogP contribution in [0.5, 0.6) is 0 Å². The van der Waals surface area contributed by atoms with Crippen LogP contribution < -0.4 is 0 Å². The van der Waals surface area contributed by atoms with E-state index in [1.54, 1.807) is 0 Å². The standard InChI is InChI=1S/C12H23N3O/c1-4-11(5-2)15(8-9-16)10-12-13-6-7-14(12)3/h6-7,11,16H,4-5,8-10H2,1-3H3. The zero-order chi connectivity index (χ0) is 12.0. The fourth-order valence-corrected chi connectivity index (χ4v) is 2.05. The molecule has 92 valence electrons. The number of nitrogens with zero attached hydrogens (tertiary/aromatic N) is 3. The van der Waals surface area contributed by atoms with Crippen LogP contribution in [-0.4, -0.2) is 38.8 Å². The molecule has 0 aliphatic carbocycles. The van der Waals surface area contributed by atoms with E-state index in [9.17, 15) is 0 Å². The lowest BCUT2D eigenvalue weighted by atomic mass is 10.1. The monoisotopic (exact) mass is 225 g/mol. The van der Waals surface area contributed by atoms with E-state index in [1.165, 1.54) is 0 Å². The van der Waals surface area contributed by atoms with Gasteiger partial charge in [0.2, 0.25) is 0 Å². The average Bonchev–Trinajstić information content (AvgIpc) is 2.66. The number of aromatic nitrogens is 2. The van der Waals surface area contributed by atoms with Gasteiger partial charge in [-0.2, -0.15) is 0 Å². The van der Waals surface area contributed by atoms with Gasteiger partial charge in [0.15, 0.2) is 0 Å². The van der Waals surface area contributed by atoms with E-state index in [1.807, 2.05) is 24.0 Å². The number of hydrogen-bond acceptors (Lipinski definition) is 3. The summed E-state index contributed by atoms with van der Waals surface area (Å²) >= 11 is 0. The number of rotatable bonds is 7. The van der Waals surface area contributed by atoms with Crippen LogP contribution in [0, 0.1) is 0 Å². The van der Waals surface area contributed by atoms with E-state index in [-0.39, 0.29) is 6.61 Å². The summed E-state index contributed by atoms with van der Waals surface area (Å²) in [6, 6.07) is 0.531. The van der Waals surface area contributed by atoms with Crippen molar-refractivity contribution in [3.8, 4) is 0 Å². The van der Waals surface area contributed by atoms with Crippen molar-refractivity contribution >= 4 is 0 Å². The van der Waals surface area contributed by atoms with E-state index in [4.69, 9.17) is 5.11 Å². The Morgan fingerprint density at radius 1 is 1.44 bits per heavy atom. The molecule has 0 bridgehead atoms. The van der Waals surface area contributed by atoms with Crippen molar-refractivity contribution in [3.63, 3.8) is 0 Å². The van der Waals surface area contributed by atoms with Crippen molar-refractivity contribution in [2.45, 2.75) is 39.3 Å². The van der Waals surface area contributed by atoms with E-state index in [0.29, 0.717) is 6.04 Å². The molecule has 4 nitrogen and oxygen atoms in total. The lowest BCUT2D eigenvalue weighted by Crippen LogP contribution is -2.36. The van der Waals surface area contributed by atoms with Gasteiger partial charge in [-0.15, -0.1) is 0 Å². The molecule has 1 heterocycles. The quantitative estimate of drug-likeness (QED) is 0.762. The maximum absolute atomic E-state index is 9.11. The molecule has 0 unspecified atom stereocenters. The van der Waals surface area contributed by atoms with Crippen LogP contribution in [0.2, 0.25) is 0 Å². The molecule has 0 aliphatic rings. The lowest BCUT2D eigenvalue weighted by molar-refractivity contribution is 0.132. The van der Waals surface area contributed by atoms with Gasteiger partial charge in [-0.25, -0.2) is 4.98 Å². The molecule has 0 aliphatic heterocycles. The Morgan fingerprint density at radius 3 is 2.56 bits per heavy atom. The first-order valence-corrected chi connectivity index (χ1v) is 6.04. The number of aliphatic hydroxyl groups excluding tert-OH is 1. The molecule has 0 aromatic carbocycles. The van der Waals surface area contributed by atoms with Crippen molar-refractivity contribution in [2.75, 3.05) is 13.2 Å². The lowest BCUT2D eigenvalue weighted by Gasteiger charge is -2.29. The van der Waals surface area contributed by atoms with Crippen molar-refractivity contribution in [1.29, 1.82) is 0 Å². The first-order chi connectivity index (χ1) is 7.72. The third-order valence-corrected chi connectivity index (χ3v) is 3.11. The number of imidazole rings is 1. The molecule has 0 radical (unpaired) electrons. The third-order valence-electron chi connectivity index (χ3n) is 3.11. The van der Waals surface area contributed by atoms with Gasteiger partial charge in [-0.05, 0) is 12.8 Å². The SMILES string of the molecule is CCC(CC)N(CCO)Cc1nccn1C. The Kier molecular flexibility index (Phi) is 5.49. The average molecular weight is 225 g/mol. The fourth-order valence-electron chi connectivity index (χ4n) is 2.05. The molecule has 0 saturated heterocycles. The predicted octanol–water partition coefficient (Wildman–Crippen LogP) is 1.40. The zero-order valence-electron chi connectivity index (χ0n) is 10.6. The van der Waals surface area contributed by atoms with Crippen molar-refractivity contribution in [1.82, 2.24) is 14.5 Å². The van der Waals surface area contributed by atoms with Gasteiger partial charge in [-0.3, -0.25) is 4.90 Å². The molecular weight excluding hydrogens is 202 g/mol. The topological polar surface area (TPSA) is 41.3 Å². The second-order valence-electron chi connectivity index (χ2n) is 4.12. The first kappa shape index (κ1) is 13.2. The Labute approximate surface area is 97.9 Å². The van der Waals surface area contributed by atoms with Crippen molar-refractivity contribution < 1.29 is 5.11 Å². The van der Waals surface area contributed by atoms with Gasteiger partial charge < -0.3 is 9.67 Å². The highest BCUT2D eigenvalue weighted by Gasteiger charge is 2.16. The van der Waals surface area contributed by atoms with E-state index in [0.717, 1.165) is 31.8 Å². The van der Waals surface area contributed by atoms with Crippen LogP contribution >= 0.6 is 0 Å². The number of aliphatic hydroxyl groups is 1. The molecule has 0 fully saturated rings. The molecule has 4 heteroatoms. The summed E-state index contributed by atoms with van der Waals surface area (Å²) in [5.74, 6) is 1.06. The molecule has 1 aromatic rings. The molecule has 0 spiro atoms. The largest absolute Gasteiger partial charge is 0.395 e. The van der Waals surface area contributed by atoms with Gasteiger partial charge in [-0.1, -0.05) is 13.8 Å². The summed E-state index contributed by atoms with van der Waals surface area (Å²) in [6.07, 6.45) is 6.00.